The SMILES string of the molecule is COc1cc(N2CCC(Oc3ccc(N4N=C(C(F)(F)F)C(C)C4CC(=O)O)cn3)C(C)C2)c(Cl)cn1. The number of methoxy groups -OCH3 is 1. The monoisotopic (exact) mass is 541 g/mol. The fourth-order valence-electron chi connectivity index (χ4n) is 4.70. The first-order valence-electron chi connectivity index (χ1n) is 11.7. The number of anilines is 2. The Morgan fingerprint density at radius 3 is 2.54 bits per heavy atom. The van der Waals surface area contributed by atoms with E-state index < -0.39 is 36.2 Å². The molecule has 4 unspecified atom stereocenters. The quantitative estimate of drug-likeness (QED) is 0.541. The molecule has 2 aromatic rings. The summed E-state index contributed by atoms with van der Waals surface area (Å²) in [7, 11) is 1.54. The Morgan fingerprint density at radius 1 is 1.22 bits per heavy atom. The average Bonchev–Trinajstić information content (AvgIpc) is 3.17. The summed E-state index contributed by atoms with van der Waals surface area (Å²) < 4.78 is 51.5. The number of carbonyl (C=O) groups is 1. The summed E-state index contributed by atoms with van der Waals surface area (Å²) in [5.41, 5.74) is 0.0799. The minimum atomic E-state index is -4.65. The number of ether oxygens (including phenoxy) is 2. The molecule has 0 aliphatic carbocycles. The Balaban J connectivity index is 1.44. The third-order valence-electron chi connectivity index (χ3n) is 6.66. The predicted molar refractivity (Wildman–Crippen MR) is 132 cm³/mol. The van der Waals surface area contributed by atoms with Gasteiger partial charge in [0.15, 0.2) is 0 Å². The number of nitrogens with zero attached hydrogens (tertiary/aromatic N) is 5. The fraction of sp³-hybridized carbons (Fsp3) is 0.500. The summed E-state index contributed by atoms with van der Waals surface area (Å²) in [6.07, 6.45) is -1.70. The van der Waals surface area contributed by atoms with Gasteiger partial charge in [-0.25, -0.2) is 9.97 Å². The Bertz CT molecular complexity index is 1160. The second-order valence-electron chi connectivity index (χ2n) is 9.18. The van der Waals surface area contributed by atoms with Crippen molar-refractivity contribution in [2.24, 2.45) is 16.9 Å². The van der Waals surface area contributed by atoms with Gasteiger partial charge in [-0.15, -0.1) is 0 Å². The number of hydrogen-bond donors (Lipinski definition) is 1. The molecule has 0 aromatic carbocycles. The van der Waals surface area contributed by atoms with Crippen LogP contribution in [0.5, 0.6) is 11.8 Å². The average molecular weight is 542 g/mol. The number of pyridine rings is 2. The number of piperidine rings is 1. The highest BCUT2D eigenvalue weighted by Crippen LogP contribution is 2.37. The molecule has 4 heterocycles. The van der Waals surface area contributed by atoms with E-state index in [4.69, 9.17) is 21.1 Å². The van der Waals surface area contributed by atoms with Gasteiger partial charge in [0, 0.05) is 43.5 Å². The van der Waals surface area contributed by atoms with E-state index >= 15 is 0 Å². The second-order valence-corrected chi connectivity index (χ2v) is 9.59. The molecule has 4 atom stereocenters. The maximum atomic E-state index is 13.4. The van der Waals surface area contributed by atoms with Crippen molar-refractivity contribution in [3.05, 3.63) is 35.6 Å². The topological polar surface area (TPSA) is 100 Å². The zero-order chi connectivity index (χ0) is 26.9. The molecule has 0 bridgehead atoms. The Morgan fingerprint density at radius 2 is 1.95 bits per heavy atom. The number of hydrazone groups is 1. The van der Waals surface area contributed by atoms with Gasteiger partial charge in [-0.05, 0) is 6.07 Å². The first-order valence-corrected chi connectivity index (χ1v) is 12.1. The molecule has 1 N–H and O–H groups in total. The van der Waals surface area contributed by atoms with Gasteiger partial charge in [0.1, 0.15) is 11.8 Å². The first-order chi connectivity index (χ1) is 17.5. The molecule has 0 saturated carbocycles. The van der Waals surface area contributed by atoms with Crippen LogP contribution in [0.2, 0.25) is 5.02 Å². The predicted octanol–water partition coefficient (Wildman–Crippen LogP) is 4.65. The molecular weight excluding hydrogens is 515 g/mol. The number of aromatic nitrogens is 2. The van der Waals surface area contributed by atoms with Crippen LogP contribution in [0.4, 0.5) is 24.5 Å². The molecule has 200 valence electrons. The van der Waals surface area contributed by atoms with Crippen LogP contribution in [0.3, 0.4) is 0 Å². The lowest BCUT2D eigenvalue weighted by molar-refractivity contribution is -0.137. The van der Waals surface area contributed by atoms with Crippen LogP contribution in [0, 0.1) is 11.8 Å². The molecule has 37 heavy (non-hydrogen) atoms. The summed E-state index contributed by atoms with van der Waals surface area (Å²) >= 11 is 6.34. The Labute approximate surface area is 216 Å². The fourth-order valence-corrected chi connectivity index (χ4v) is 4.92. The molecule has 2 aliphatic heterocycles. The zero-order valence-electron chi connectivity index (χ0n) is 20.4. The van der Waals surface area contributed by atoms with E-state index in [0.29, 0.717) is 36.3 Å². The number of aliphatic carboxylic acids is 1. The van der Waals surface area contributed by atoms with Crippen molar-refractivity contribution in [1.29, 1.82) is 0 Å². The van der Waals surface area contributed by atoms with Crippen molar-refractivity contribution in [3.8, 4) is 11.8 Å². The smallest absolute Gasteiger partial charge is 0.431 e. The minimum absolute atomic E-state index is 0.115. The van der Waals surface area contributed by atoms with Gasteiger partial charge in [-0.3, -0.25) is 9.80 Å². The third-order valence-corrected chi connectivity index (χ3v) is 6.95. The largest absolute Gasteiger partial charge is 0.481 e. The van der Waals surface area contributed by atoms with E-state index in [1.165, 1.54) is 19.2 Å². The summed E-state index contributed by atoms with van der Waals surface area (Å²) in [6, 6.07) is 3.91. The van der Waals surface area contributed by atoms with Gasteiger partial charge in [0.05, 0.1) is 48.4 Å². The number of carboxylic acid groups (broad SMARTS) is 1. The van der Waals surface area contributed by atoms with E-state index in [-0.39, 0.29) is 17.7 Å². The van der Waals surface area contributed by atoms with Crippen molar-refractivity contribution < 1.29 is 32.5 Å². The lowest BCUT2D eigenvalue weighted by Gasteiger charge is -2.38. The van der Waals surface area contributed by atoms with E-state index in [9.17, 15) is 23.1 Å². The molecule has 9 nitrogen and oxygen atoms in total. The van der Waals surface area contributed by atoms with Crippen LogP contribution in [0.1, 0.15) is 26.7 Å². The van der Waals surface area contributed by atoms with Gasteiger partial charge in [-0.2, -0.15) is 18.3 Å². The number of alkyl halides is 3. The van der Waals surface area contributed by atoms with Crippen LogP contribution in [0.15, 0.2) is 35.7 Å². The summed E-state index contributed by atoms with van der Waals surface area (Å²) in [5.74, 6) is -1.41. The normalized spacial score (nSPS) is 24.1. The molecule has 13 heteroatoms. The van der Waals surface area contributed by atoms with Crippen LogP contribution < -0.4 is 19.4 Å². The number of rotatable bonds is 7. The Hall–Kier alpha value is -3.28. The molecule has 0 amide bonds. The maximum Gasteiger partial charge on any atom is 0.431 e. The van der Waals surface area contributed by atoms with Gasteiger partial charge in [-0.1, -0.05) is 25.4 Å². The molecule has 4 rings (SSSR count). The van der Waals surface area contributed by atoms with Crippen molar-refractivity contribution in [2.45, 2.75) is 45.0 Å². The molecule has 0 spiro atoms. The van der Waals surface area contributed by atoms with E-state index in [0.717, 1.165) is 10.7 Å². The molecular formula is C24H27ClF3N5O4. The highest BCUT2D eigenvalue weighted by Gasteiger charge is 2.48. The Kier molecular flexibility index (Phi) is 7.67. The lowest BCUT2D eigenvalue weighted by atomic mass is 9.94. The molecule has 2 aliphatic rings. The molecule has 1 fully saturated rings. The van der Waals surface area contributed by atoms with Gasteiger partial charge >= 0.3 is 12.1 Å². The second kappa shape index (κ2) is 10.6. The summed E-state index contributed by atoms with van der Waals surface area (Å²) in [6.45, 7) is 4.73. The van der Waals surface area contributed by atoms with E-state index in [2.05, 4.69) is 20.0 Å². The molecule has 2 aromatic heterocycles. The lowest BCUT2D eigenvalue weighted by Crippen LogP contribution is -2.44. The number of carboxylic acids is 1. The van der Waals surface area contributed by atoms with Crippen molar-refractivity contribution >= 4 is 34.7 Å². The van der Waals surface area contributed by atoms with Crippen molar-refractivity contribution in [2.75, 3.05) is 30.1 Å². The zero-order valence-corrected chi connectivity index (χ0v) is 21.2. The van der Waals surface area contributed by atoms with E-state index in [1.807, 2.05) is 6.92 Å². The molecule has 0 radical (unpaired) electrons. The minimum Gasteiger partial charge on any atom is -0.481 e. The standard InChI is InChI=1S/C24H27ClF3N5O4/c1-13-12-32(18-8-21(36-3)30-11-16(18)25)7-6-19(13)37-20-5-4-15(10-29-20)33-17(9-22(34)35)14(2)23(31-33)24(26,27)28/h4-5,8,10-11,13-14,17,19H,6-7,9,12H2,1-3H3,(H,34,35). The highest BCUT2D eigenvalue weighted by molar-refractivity contribution is 6.33. The third kappa shape index (κ3) is 5.84. The number of halogens is 4. The van der Waals surface area contributed by atoms with E-state index in [1.54, 1.807) is 25.4 Å². The van der Waals surface area contributed by atoms with Gasteiger partial charge < -0.3 is 19.5 Å². The van der Waals surface area contributed by atoms with Gasteiger partial charge in [0.25, 0.3) is 0 Å². The van der Waals surface area contributed by atoms with Crippen molar-refractivity contribution in [3.63, 3.8) is 0 Å². The van der Waals surface area contributed by atoms with Gasteiger partial charge in [0.2, 0.25) is 11.8 Å². The highest BCUT2D eigenvalue weighted by atomic mass is 35.5. The van der Waals surface area contributed by atoms with Crippen LogP contribution in [0.25, 0.3) is 0 Å². The van der Waals surface area contributed by atoms with Crippen LogP contribution >= 0.6 is 11.6 Å². The number of hydrogen-bond acceptors (Lipinski definition) is 8. The van der Waals surface area contributed by atoms with Crippen molar-refractivity contribution in [1.82, 2.24) is 9.97 Å². The summed E-state index contributed by atoms with van der Waals surface area (Å²) in [5, 5.41) is 14.5. The van der Waals surface area contributed by atoms with Crippen LogP contribution in [-0.2, 0) is 4.79 Å². The summed E-state index contributed by atoms with van der Waals surface area (Å²) in [4.78, 5) is 21.8. The van der Waals surface area contributed by atoms with Crippen LogP contribution in [-0.4, -0.2) is 65.3 Å². The molecule has 1 saturated heterocycles. The first kappa shape index (κ1) is 26.8. The maximum absolute atomic E-state index is 13.4.